The molecular formula is C20H18N6O4. The fourth-order valence-corrected chi connectivity index (χ4v) is 3.03. The first-order valence-electron chi connectivity index (χ1n) is 9.02. The summed E-state index contributed by atoms with van der Waals surface area (Å²) in [7, 11) is 3.16. The summed E-state index contributed by atoms with van der Waals surface area (Å²) in [6.07, 6.45) is 4.70. The van der Waals surface area contributed by atoms with Crippen LogP contribution in [0.5, 0.6) is 11.5 Å². The number of imidazole rings is 1. The number of benzene rings is 1. The highest BCUT2D eigenvalue weighted by atomic mass is 16.5. The lowest BCUT2D eigenvalue weighted by atomic mass is 10.3. The zero-order chi connectivity index (χ0) is 21.3. The third kappa shape index (κ3) is 3.58. The van der Waals surface area contributed by atoms with Gasteiger partial charge in [-0.25, -0.2) is 14.3 Å². The molecule has 3 heterocycles. The summed E-state index contributed by atoms with van der Waals surface area (Å²) < 4.78 is 9.33. The molecule has 1 aromatic carbocycles. The van der Waals surface area contributed by atoms with Crippen LogP contribution in [0.4, 0.5) is 5.69 Å². The van der Waals surface area contributed by atoms with Crippen LogP contribution in [-0.4, -0.2) is 29.6 Å². The first-order valence-corrected chi connectivity index (χ1v) is 9.02. The molecule has 0 aliphatic carbocycles. The molecule has 10 heteroatoms. The van der Waals surface area contributed by atoms with Crippen molar-refractivity contribution in [3.63, 3.8) is 0 Å². The van der Waals surface area contributed by atoms with Gasteiger partial charge in [-0.1, -0.05) is 0 Å². The molecule has 0 unspecified atom stereocenters. The van der Waals surface area contributed by atoms with Gasteiger partial charge >= 0.3 is 5.69 Å². The van der Waals surface area contributed by atoms with Crippen molar-refractivity contribution in [1.82, 2.24) is 23.7 Å². The van der Waals surface area contributed by atoms with Crippen molar-refractivity contribution in [2.45, 2.75) is 6.54 Å². The second kappa shape index (κ2) is 7.66. The van der Waals surface area contributed by atoms with E-state index < -0.39 is 23.7 Å². The molecule has 152 valence electrons. The minimum atomic E-state index is -0.609. The summed E-state index contributed by atoms with van der Waals surface area (Å²) in [5, 5.41) is 2.68. The molecule has 3 aromatic heterocycles. The fourth-order valence-electron chi connectivity index (χ4n) is 3.03. The van der Waals surface area contributed by atoms with E-state index in [1.165, 1.54) is 22.5 Å². The average molecular weight is 406 g/mol. The van der Waals surface area contributed by atoms with Gasteiger partial charge in [0, 0.05) is 32.2 Å². The van der Waals surface area contributed by atoms with E-state index in [1.807, 2.05) is 0 Å². The smallest absolute Gasteiger partial charge is 0.332 e. The number of hydrogen-bond acceptors (Lipinski definition) is 6. The van der Waals surface area contributed by atoms with E-state index in [2.05, 4.69) is 15.3 Å². The summed E-state index contributed by atoms with van der Waals surface area (Å²) >= 11 is 0. The Morgan fingerprint density at radius 2 is 1.70 bits per heavy atom. The van der Waals surface area contributed by atoms with E-state index in [1.54, 1.807) is 55.8 Å². The molecule has 0 aliphatic rings. The lowest BCUT2D eigenvalue weighted by Crippen LogP contribution is -2.42. The molecule has 0 radical (unpaired) electrons. The molecule has 0 bridgehead atoms. The number of pyridine rings is 1. The van der Waals surface area contributed by atoms with Gasteiger partial charge in [-0.15, -0.1) is 0 Å². The van der Waals surface area contributed by atoms with Crippen LogP contribution in [0.1, 0.15) is 0 Å². The zero-order valence-corrected chi connectivity index (χ0v) is 16.3. The monoisotopic (exact) mass is 406 g/mol. The Labute approximate surface area is 170 Å². The van der Waals surface area contributed by atoms with Gasteiger partial charge in [0.15, 0.2) is 11.2 Å². The highest BCUT2D eigenvalue weighted by Gasteiger charge is 2.17. The van der Waals surface area contributed by atoms with E-state index in [4.69, 9.17) is 4.74 Å². The number of amides is 1. The Bertz CT molecular complexity index is 1340. The number of carbonyl (C=O) groups excluding carboxylic acids is 1. The van der Waals surface area contributed by atoms with Crippen LogP contribution in [0.3, 0.4) is 0 Å². The number of nitrogens with one attached hydrogen (secondary N) is 1. The standard InChI is InChI=1S/C20H18N6O4/c1-24-12-22-18-17(24)19(28)26(20(29)25(18)2)11-16(27)23-13-3-5-14(6-4-13)30-15-7-9-21-10-8-15/h3-10,12H,11H2,1-2H3,(H,23,27). The summed E-state index contributed by atoms with van der Waals surface area (Å²) in [6, 6.07) is 10.2. The quantitative estimate of drug-likeness (QED) is 0.534. The first kappa shape index (κ1) is 19.1. The van der Waals surface area contributed by atoms with Gasteiger partial charge in [-0.3, -0.25) is 19.1 Å². The average Bonchev–Trinajstić information content (AvgIpc) is 3.13. The predicted molar refractivity (Wildman–Crippen MR) is 110 cm³/mol. The van der Waals surface area contributed by atoms with Crippen LogP contribution in [0.2, 0.25) is 0 Å². The summed E-state index contributed by atoms with van der Waals surface area (Å²) in [6.45, 7) is -0.415. The number of rotatable bonds is 5. The molecule has 1 N–H and O–H groups in total. The zero-order valence-electron chi connectivity index (χ0n) is 16.3. The van der Waals surface area contributed by atoms with Crippen LogP contribution in [-0.2, 0) is 25.4 Å². The van der Waals surface area contributed by atoms with E-state index in [-0.39, 0.29) is 11.2 Å². The molecule has 1 amide bonds. The second-order valence-electron chi connectivity index (χ2n) is 6.62. The summed E-state index contributed by atoms with van der Waals surface area (Å²) in [4.78, 5) is 45.6. The molecule has 0 aliphatic heterocycles. The predicted octanol–water partition coefficient (Wildman–Crippen LogP) is 1.26. The van der Waals surface area contributed by atoms with Crippen LogP contribution >= 0.6 is 0 Å². The minimum Gasteiger partial charge on any atom is -0.457 e. The number of hydrogen-bond donors (Lipinski definition) is 1. The number of ether oxygens (including phenoxy) is 1. The van der Waals surface area contributed by atoms with Gasteiger partial charge in [-0.05, 0) is 36.4 Å². The normalized spacial score (nSPS) is 10.9. The van der Waals surface area contributed by atoms with Gasteiger partial charge in [0.25, 0.3) is 5.56 Å². The van der Waals surface area contributed by atoms with Crippen molar-refractivity contribution in [2.24, 2.45) is 14.1 Å². The van der Waals surface area contributed by atoms with Crippen LogP contribution in [0, 0.1) is 0 Å². The van der Waals surface area contributed by atoms with Gasteiger partial charge in [0.1, 0.15) is 18.0 Å². The molecule has 0 saturated heterocycles. The van der Waals surface area contributed by atoms with Gasteiger partial charge in [0.05, 0.1) is 6.33 Å². The lowest BCUT2D eigenvalue weighted by molar-refractivity contribution is -0.116. The number of nitrogens with zero attached hydrogens (tertiary/aromatic N) is 5. The lowest BCUT2D eigenvalue weighted by Gasteiger charge is -2.10. The number of aryl methyl sites for hydroxylation is 2. The number of aromatic nitrogens is 5. The van der Waals surface area contributed by atoms with Crippen molar-refractivity contribution in [2.75, 3.05) is 5.32 Å². The van der Waals surface area contributed by atoms with E-state index in [0.717, 1.165) is 4.57 Å². The summed E-state index contributed by atoms with van der Waals surface area (Å²) in [5.41, 5.74) is -0.142. The maximum absolute atomic E-state index is 12.7. The highest BCUT2D eigenvalue weighted by Crippen LogP contribution is 2.22. The molecule has 0 atom stereocenters. The van der Waals surface area contributed by atoms with Crippen molar-refractivity contribution < 1.29 is 9.53 Å². The molecule has 30 heavy (non-hydrogen) atoms. The van der Waals surface area contributed by atoms with Crippen LogP contribution in [0.15, 0.2) is 64.7 Å². The SMILES string of the molecule is Cn1cnc2c1c(=O)n(CC(=O)Nc1ccc(Oc3ccncc3)cc1)c(=O)n2C. The number of anilines is 1. The topological polar surface area (TPSA) is 113 Å². The Morgan fingerprint density at radius 1 is 1.03 bits per heavy atom. The number of fused-ring (bicyclic) bond motifs is 1. The largest absolute Gasteiger partial charge is 0.457 e. The second-order valence-corrected chi connectivity index (χ2v) is 6.62. The Kier molecular flexibility index (Phi) is 4.88. The van der Waals surface area contributed by atoms with Crippen LogP contribution < -0.4 is 21.3 Å². The van der Waals surface area contributed by atoms with Crippen molar-refractivity contribution in [1.29, 1.82) is 0 Å². The van der Waals surface area contributed by atoms with Crippen molar-refractivity contribution >= 4 is 22.8 Å². The maximum Gasteiger partial charge on any atom is 0.332 e. The third-order valence-electron chi connectivity index (χ3n) is 4.53. The van der Waals surface area contributed by atoms with Crippen molar-refractivity contribution in [3.8, 4) is 11.5 Å². The Hall–Kier alpha value is -4.21. The molecule has 4 aromatic rings. The van der Waals surface area contributed by atoms with Gasteiger partial charge in [-0.2, -0.15) is 0 Å². The third-order valence-corrected chi connectivity index (χ3v) is 4.53. The maximum atomic E-state index is 12.7. The van der Waals surface area contributed by atoms with Crippen molar-refractivity contribution in [3.05, 3.63) is 76.0 Å². The Balaban J connectivity index is 1.51. The summed E-state index contributed by atoms with van der Waals surface area (Å²) in [5.74, 6) is 0.729. The minimum absolute atomic E-state index is 0.252. The van der Waals surface area contributed by atoms with Gasteiger partial charge in [0.2, 0.25) is 5.91 Å². The van der Waals surface area contributed by atoms with E-state index in [9.17, 15) is 14.4 Å². The van der Waals surface area contributed by atoms with E-state index in [0.29, 0.717) is 17.2 Å². The molecule has 10 nitrogen and oxygen atoms in total. The first-order chi connectivity index (χ1) is 14.4. The highest BCUT2D eigenvalue weighted by molar-refractivity contribution is 5.90. The molecule has 4 rings (SSSR count). The number of carbonyl (C=O) groups is 1. The van der Waals surface area contributed by atoms with E-state index >= 15 is 0 Å². The molecule has 0 saturated carbocycles. The van der Waals surface area contributed by atoms with Crippen LogP contribution in [0.25, 0.3) is 11.2 Å². The molecule has 0 fully saturated rings. The fraction of sp³-hybridized carbons (Fsp3) is 0.150. The molecule has 0 spiro atoms. The molecular weight excluding hydrogens is 388 g/mol. The Morgan fingerprint density at radius 3 is 2.40 bits per heavy atom. The van der Waals surface area contributed by atoms with Gasteiger partial charge < -0.3 is 14.6 Å².